The van der Waals surface area contributed by atoms with E-state index in [2.05, 4.69) is 47.8 Å². The molecule has 0 aliphatic carbocycles. The van der Waals surface area contributed by atoms with Crippen molar-refractivity contribution in [2.75, 3.05) is 7.11 Å². The molecule has 2 unspecified atom stereocenters. The third-order valence-electron chi connectivity index (χ3n) is 5.37. The lowest BCUT2D eigenvalue weighted by atomic mass is 9.89. The van der Waals surface area contributed by atoms with E-state index in [9.17, 15) is 4.79 Å². The van der Waals surface area contributed by atoms with Gasteiger partial charge < -0.3 is 14.6 Å². The first-order valence-electron chi connectivity index (χ1n) is 9.45. The van der Waals surface area contributed by atoms with Crippen molar-refractivity contribution >= 4 is 5.91 Å². The monoisotopic (exact) mass is 355 g/mol. The summed E-state index contributed by atoms with van der Waals surface area (Å²) in [5.74, 6) is 2.34. The molecule has 1 N–H and O–H groups in total. The molecule has 1 aliphatic heterocycles. The van der Waals surface area contributed by atoms with Gasteiger partial charge in [-0.3, -0.25) is 4.79 Å². The number of aromatic nitrogens is 2. The highest BCUT2D eigenvalue weighted by molar-refractivity contribution is 5.92. The van der Waals surface area contributed by atoms with Crippen molar-refractivity contribution in [2.24, 2.45) is 0 Å². The summed E-state index contributed by atoms with van der Waals surface area (Å²) in [6.45, 7) is 9.13. The summed E-state index contributed by atoms with van der Waals surface area (Å²) in [7, 11) is 1.72. The maximum absolute atomic E-state index is 12.3. The fourth-order valence-corrected chi connectivity index (χ4v) is 3.77. The lowest BCUT2D eigenvalue weighted by Crippen LogP contribution is -2.32. The summed E-state index contributed by atoms with van der Waals surface area (Å²) in [5, 5.41) is 3.00. The Labute approximate surface area is 155 Å². The van der Waals surface area contributed by atoms with E-state index in [4.69, 9.17) is 4.74 Å². The van der Waals surface area contributed by atoms with Gasteiger partial charge in [-0.05, 0) is 50.3 Å². The topological polar surface area (TPSA) is 56.2 Å². The van der Waals surface area contributed by atoms with Crippen LogP contribution in [0.4, 0.5) is 0 Å². The molecule has 1 aliphatic rings. The van der Waals surface area contributed by atoms with E-state index in [0.29, 0.717) is 11.6 Å². The molecule has 2 aromatic rings. The predicted octanol–water partition coefficient (Wildman–Crippen LogP) is 3.77. The van der Waals surface area contributed by atoms with E-state index >= 15 is 0 Å². The number of hydrogen-bond acceptors (Lipinski definition) is 3. The van der Waals surface area contributed by atoms with E-state index in [1.54, 1.807) is 7.11 Å². The van der Waals surface area contributed by atoms with E-state index in [-0.39, 0.29) is 11.9 Å². The van der Waals surface area contributed by atoms with Gasteiger partial charge in [-0.15, -0.1) is 0 Å². The van der Waals surface area contributed by atoms with E-state index < -0.39 is 0 Å². The van der Waals surface area contributed by atoms with E-state index in [1.165, 1.54) is 16.7 Å². The quantitative estimate of drug-likeness (QED) is 0.888. The van der Waals surface area contributed by atoms with Gasteiger partial charge in [-0.25, -0.2) is 4.98 Å². The van der Waals surface area contributed by atoms with Crippen molar-refractivity contribution in [3.63, 3.8) is 0 Å². The summed E-state index contributed by atoms with van der Waals surface area (Å²) in [4.78, 5) is 16.9. The molecule has 1 aromatic carbocycles. The number of nitrogens with zero attached hydrogens (tertiary/aromatic N) is 2. The number of methoxy groups -OCH3 is 1. The van der Waals surface area contributed by atoms with E-state index in [1.807, 2.05) is 13.1 Å². The Hall–Kier alpha value is -2.30. The van der Waals surface area contributed by atoms with Crippen LogP contribution < -0.4 is 10.1 Å². The first kappa shape index (κ1) is 18.5. The Kier molecular flexibility index (Phi) is 5.35. The van der Waals surface area contributed by atoms with Gasteiger partial charge in [0.1, 0.15) is 17.3 Å². The second-order valence-electron chi connectivity index (χ2n) is 7.40. The van der Waals surface area contributed by atoms with Gasteiger partial charge >= 0.3 is 0 Å². The number of rotatable bonds is 5. The van der Waals surface area contributed by atoms with Crippen LogP contribution in [-0.4, -0.2) is 28.6 Å². The van der Waals surface area contributed by atoms with E-state index in [0.717, 1.165) is 37.4 Å². The molecule has 26 heavy (non-hydrogen) atoms. The molecule has 3 rings (SSSR count). The Morgan fingerprint density at radius 1 is 1.38 bits per heavy atom. The van der Waals surface area contributed by atoms with Crippen LogP contribution in [0.3, 0.4) is 0 Å². The van der Waals surface area contributed by atoms with Crippen molar-refractivity contribution in [3.8, 4) is 5.75 Å². The summed E-state index contributed by atoms with van der Waals surface area (Å²) < 4.78 is 7.63. The molecule has 2 atom stereocenters. The second kappa shape index (κ2) is 7.52. The van der Waals surface area contributed by atoms with Crippen LogP contribution in [0.5, 0.6) is 5.75 Å². The van der Waals surface area contributed by atoms with Gasteiger partial charge in [0, 0.05) is 31.1 Å². The van der Waals surface area contributed by atoms with Crippen LogP contribution in [-0.2, 0) is 13.0 Å². The Balaban J connectivity index is 1.79. The summed E-state index contributed by atoms with van der Waals surface area (Å²) >= 11 is 0. The second-order valence-corrected chi connectivity index (χ2v) is 7.40. The zero-order valence-corrected chi connectivity index (χ0v) is 16.4. The molecular weight excluding hydrogens is 326 g/mol. The molecule has 0 bridgehead atoms. The SMILES string of the molecule is CCC(C)NC(=O)c1cn2c(n1)CCC(c1cc(C)c(OC)c(C)c1)C2. The summed E-state index contributed by atoms with van der Waals surface area (Å²) in [6.07, 6.45) is 4.76. The predicted molar refractivity (Wildman–Crippen MR) is 103 cm³/mol. The highest BCUT2D eigenvalue weighted by Crippen LogP contribution is 2.33. The molecule has 140 valence electrons. The lowest BCUT2D eigenvalue weighted by molar-refractivity contribution is 0.0934. The Bertz CT molecular complexity index is 787. The zero-order valence-electron chi connectivity index (χ0n) is 16.4. The maximum atomic E-state index is 12.3. The van der Waals surface area contributed by atoms with Gasteiger partial charge in [0.15, 0.2) is 0 Å². The molecule has 2 heterocycles. The smallest absolute Gasteiger partial charge is 0.271 e. The Morgan fingerprint density at radius 2 is 2.08 bits per heavy atom. The fraction of sp³-hybridized carbons (Fsp3) is 0.524. The molecule has 5 heteroatoms. The average Bonchev–Trinajstić information content (AvgIpc) is 3.04. The molecule has 5 nitrogen and oxygen atoms in total. The number of hydrogen-bond donors (Lipinski definition) is 1. The molecule has 0 spiro atoms. The minimum absolute atomic E-state index is 0.0751. The van der Waals surface area contributed by atoms with Crippen molar-refractivity contribution in [1.82, 2.24) is 14.9 Å². The highest BCUT2D eigenvalue weighted by Gasteiger charge is 2.24. The molecule has 0 fully saturated rings. The summed E-state index contributed by atoms with van der Waals surface area (Å²) in [6, 6.07) is 4.63. The number of ether oxygens (including phenoxy) is 1. The van der Waals surface area contributed by atoms with Gasteiger partial charge in [0.25, 0.3) is 5.91 Å². The summed E-state index contributed by atoms with van der Waals surface area (Å²) in [5.41, 5.74) is 4.22. The first-order valence-corrected chi connectivity index (χ1v) is 9.45. The van der Waals surface area contributed by atoms with Gasteiger partial charge in [-0.1, -0.05) is 19.1 Å². The largest absolute Gasteiger partial charge is 0.496 e. The van der Waals surface area contributed by atoms with Crippen molar-refractivity contribution in [1.29, 1.82) is 0 Å². The van der Waals surface area contributed by atoms with Crippen molar-refractivity contribution in [2.45, 2.75) is 65.5 Å². The lowest BCUT2D eigenvalue weighted by Gasteiger charge is -2.25. The third-order valence-corrected chi connectivity index (χ3v) is 5.37. The molecular formula is C21H29N3O2. The number of imidazole rings is 1. The van der Waals surface area contributed by atoms with Crippen molar-refractivity contribution < 1.29 is 9.53 Å². The van der Waals surface area contributed by atoms with Gasteiger partial charge in [0.05, 0.1) is 7.11 Å². The fourth-order valence-electron chi connectivity index (χ4n) is 3.77. The average molecular weight is 355 g/mol. The normalized spacial score (nSPS) is 17.5. The number of amides is 1. The molecule has 0 radical (unpaired) electrons. The van der Waals surface area contributed by atoms with Crippen LogP contribution in [0.25, 0.3) is 0 Å². The number of nitrogens with one attached hydrogen (secondary N) is 1. The number of fused-ring (bicyclic) bond motifs is 1. The molecule has 1 aromatic heterocycles. The standard InChI is InChI=1S/C21H29N3O2/c1-6-15(4)22-21(25)18-12-24-11-16(7-8-19(24)23-18)17-9-13(2)20(26-5)14(3)10-17/h9-10,12,15-16H,6-8,11H2,1-5H3,(H,22,25). The van der Waals surface area contributed by atoms with Crippen LogP contribution in [0.2, 0.25) is 0 Å². The first-order chi connectivity index (χ1) is 12.4. The van der Waals surface area contributed by atoms with Gasteiger partial charge in [-0.2, -0.15) is 0 Å². The van der Waals surface area contributed by atoms with Crippen LogP contribution in [0.15, 0.2) is 18.3 Å². The van der Waals surface area contributed by atoms with Crippen LogP contribution >= 0.6 is 0 Å². The van der Waals surface area contributed by atoms with Crippen LogP contribution in [0.1, 0.15) is 65.6 Å². The number of carbonyl (C=O) groups is 1. The number of carbonyl (C=O) groups excluding carboxylic acids is 1. The minimum atomic E-state index is -0.0751. The minimum Gasteiger partial charge on any atom is -0.496 e. The third kappa shape index (κ3) is 3.62. The highest BCUT2D eigenvalue weighted by atomic mass is 16.5. The van der Waals surface area contributed by atoms with Crippen LogP contribution in [0, 0.1) is 13.8 Å². The number of aryl methyl sites for hydroxylation is 3. The zero-order chi connectivity index (χ0) is 18.8. The maximum Gasteiger partial charge on any atom is 0.271 e. The molecule has 0 saturated heterocycles. The van der Waals surface area contributed by atoms with Gasteiger partial charge in [0.2, 0.25) is 0 Å². The number of benzene rings is 1. The molecule has 1 amide bonds. The molecule has 0 saturated carbocycles. The van der Waals surface area contributed by atoms with Crippen molar-refractivity contribution in [3.05, 3.63) is 46.5 Å². The Morgan fingerprint density at radius 3 is 2.69 bits per heavy atom.